The van der Waals surface area contributed by atoms with Crippen molar-refractivity contribution in [3.63, 3.8) is 0 Å². The molecule has 0 atom stereocenters. The molecule has 0 radical (unpaired) electrons. The molecule has 1 saturated carbocycles. The van der Waals surface area contributed by atoms with Crippen molar-refractivity contribution >= 4 is 0 Å². The second kappa shape index (κ2) is 3.46. The summed E-state index contributed by atoms with van der Waals surface area (Å²) < 4.78 is 0. The summed E-state index contributed by atoms with van der Waals surface area (Å²) in [5, 5.41) is 9.17. The highest BCUT2D eigenvalue weighted by molar-refractivity contribution is 5.62. The molecule has 1 N–H and O–H groups in total. The molecule has 0 spiro atoms. The quantitative estimate of drug-likeness (QED) is 0.851. The van der Waals surface area contributed by atoms with Gasteiger partial charge in [-0.1, -0.05) is 30.3 Å². The Labute approximate surface area is 100 Å². The molecule has 17 heavy (non-hydrogen) atoms. The molecule has 0 aliphatic heterocycles. The van der Waals surface area contributed by atoms with Crippen LogP contribution in [0.3, 0.4) is 0 Å². The summed E-state index contributed by atoms with van der Waals surface area (Å²) in [5.41, 5.74) is 2.76. The Bertz CT molecular complexity index is 586. The largest absolute Gasteiger partial charge is 0.344 e. The van der Waals surface area contributed by atoms with Gasteiger partial charge in [0.15, 0.2) is 0 Å². The van der Waals surface area contributed by atoms with Gasteiger partial charge in [0.05, 0.1) is 11.8 Å². The average molecular weight is 223 g/mol. The summed E-state index contributed by atoms with van der Waals surface area (Å²) in [6, 6.07) is 12.4. The van der Waals surface area contributed by atoms with Crippen LogP contribution in [0.15, 0.2) is 30.3 Å². The maximum Gasteiger partial charge on any atom is 0.127 e. The third kappa shape index (κ3) is 1.53. The first-order chi connectivity index (χ1) is 8.25. The first kappa shape index (κ1) is 10.1. The number of H-pyrrole nitrogens is 1. The van der Waals surface area contributed by atoms with Crippen LogP contribution >= 0.6 is 0 Å². The zero-order chi connectivity index (χ0) is 11.9. The Kier molecular flexibility index (Phi) is 2.05. The van der Waals surface area contributed by atoms with E-state index in [9.17, 15) is 5.26 Å². The van der Waals surface area contributed by atoms with Gasteiger partial charge in [-0.3, -0.25) is 0 Å². The minimum atomic E-state index is -0.336. The van der Waals surface area contributed by atoms with Crippen molar-refractivity contribution in [2.24, 2.45) is 0 Å². The Balaban J connectivity index is 2.06. The van der Waals surface area contributed by atoms with E-state index in [-0.39, 0.29) is 5.41 Å². The van der Waals surface area contributed by atoms with Gasteiger partial charge in [-0.05, 0) is 19.8 Å². The lowest BCUT2D eigenvalue weighted by atomic mass is 10.1. The highest BCUT2D eigenvalue weighted by Gasteiger charge is 2.48. The van der Waals surface area contributed by atoms with Crippen LogP contribution in [0.5, 0.6) is 0 Å². The summed E-state index contributed by atoms with van der Waals surface area (Å²) in [7, 11) is 0. The maximum absolute atomic E-state index is 9.17. The van der Waals surface area contributed by atoms with E-state index in [2.05, 4.69) is 16.0 Å². The second-order valence-corrected chi connectivity index (χ2v) is 4.62. The molecule has 3 nitrogen and oxygen atoms in total. The number of nitriles is 1. The number of benzene rings is 1. The Morgan fingerprint density at radius 2 is 2.00 bits per heavy atom. The number of imidazole rings is 1. The molecular formula is C14H13N3. The van der Waals surface area contributed by atoms with E-state index in [4.69, 9.17) is 0 Å². The molecule has 1 aromatic heterocycles. The number of nitrogens with zero attached hydrogens (tertiary/aromatic N) is 2. The average Bonchev–Trinajstić information content (AvgIpc) is 3.08. The van der Waals surface area contributed by atoms with Crippen molar-refractivity contribution in [1.82, 2.24) is 9.97 Å². The number of aryl methyl sites for hydroxylation is 1. The van der Waals surface area contributed by atoms with Crippen LogP contribution in [0, 0.1) is 18.3 Å². The third-order valence-corrected chi connectivity index (χ3v) is 3.35. The lowest BCUT2D eigenvalue weighted by Crippen LogP contribution is -2.04. The van der Waals surface area contributed by atoms with Gasteiger partial charge in [0, 0.05) is 11.3 Å². The standard InChI is InChI=1S/C14H13N3/c1-10-12(11-5-3-2-4-6-11)17-13(16-10)14(9-15)7-8-14/h2-6H,7-8H2,1H3,(H,16,17). The van der Waals surface area contributed by atoms with Crippen LogP contribution in [-0.4, -0.2) is 9.97 Å². The molecular weight excluding hydrogens is 210 g/mol. The highest BCUT2D eigenvalue weighted by atomic mass is 15.0. The molecule has 1 aliphatic carbocycles. The zero-order valence-electron chi connectivity index (χ0n) is 9.70. The molecule has 3 heteroatoms. The summed E-state index contributed by atoms with van der Waals surface area (Å²) in [5.74, 6) is 0.830. The minimum absolute atomic E-state index is 0.336. The van der Waals surface area contributed by atoms with Gasteiger partial charge in [0.25, 0.3) is 0 Å². The lowest BCUT2D eigenvalue weighted by molar-refractivity contribution is 0.818. The van der Waals surface area contributed by atoms with E-state index in [1.54, 1.807) is 0 Å². The summed E-state index contributed by atoms with van der Waals surface area (Å²) in [6.07, 6.45) is 1.84. The molecule has 2 aromatic rings. The molecule has 1 fully saturated rings. The molecule has 84 valence electrons. The van der Waals surface area contributed by atoms with Crippen LogP contribution in [-0.2, 0) is 5.41 Å². The van der Waals surface area contributed by atoms with Crippen molar-refractivity contribution in [2.45, 2.75) is 25.2 Å². The first-order valence-electron chi connectivity index (χ1n) is 5.79. The van der Waals surface area contributed by atoms with Crippen LogP contribution < -0.4 is 0 Å². The van der Waals surface area contributed by atoms with Crippen molar-refractivity contribution in [3.05, 3.63) is 41.9 Å². The van der Waals surface area contributed by atoms with Crippen LogP contribution in [0.1, 0.15) is 24.4 Å². The van der Waals surface area contributed by atoms with Gasteiger partial charge in [-0.25, -0.2) is 4.98 Å². The fourth-order valence-electron chi connectivity index (χ4n) is 2.09. The predicted molar refractivity (Wildman–Crippen MR) is 65.3 cm³/mol. The molecule has 3 rings (SSSR count). The molecule has 0 saturated heterocycles. The van der Waals surface area contributed by atoms with Crippen molar-refractivity contribution in [2.75, 3.05) is 0 Å². The fraction of sp³-hybridized carbons (Fsp3) is 0.286. The summed E-state index contributed by atoms with van der Waals surface area (Å²) in [6.45, 7) is 2.01. The number of aromatic nitrogens is 2. The third-order valence-electron chi connectivity index (χ3n) is 3.35. The zero-order valence-corrected chi connectivity index (χ0v) is 9.70. The number of aromatic amines is 1. The number of hydrogen-bond acceptors (Lipinski definition) is 2. The molecule has 1 heterocycles. The number of nitrogens with one attached hydrogen (secondary N) is 1. The van der Waals surface area contributed by atoms with Gasteiger partial charge in [0.1, 0.15) is 11.2 Å². The van der Waals surface area contributed by atoms with E-state index in [0.717, 1.165) is 35.6 Å². The summed E-state index contributed by atoms with van der Waals surface area (Å²) in [4.78, 5) is 7.87. The smallest absolute Gasteiger partial charge is 0.127 e. The molecule has 1 aromatic carbocycles. The van der Waals surface area contributed by atoms with E-state index in [1.807, 2.05) is 37.3 Å². The van der Waals surface area contributed by atoms with E-state index in [0.29, 0.717) is 0 Å². The van der Waals surface area contributed by atoms with Crippen molar-refractivity contribution < 1.29 is 0 Å². The van der Waals surface area contributed by atoms with Crippen LogP contribution in [0.4, 0.5) is 0 Å². The second-order valence-electron chi connectivity index (χ2n) is 4.62. The Morgan fingerprint density at radius 3 is 2.59 bits per heavy atom. The number of rotatable bonds is 2. The molecule has 0 amide bonds. The van der Waals surface area contributed by atoms with Gasteiger partial charge in [-0.15, -0.1) is 0 Å². The van der Waals surface area contributed by atoms with Crippen LogP contribution in [0.2, 0.25) is 0 Å². The SMILES string of the molecule is Cc1[nH]c(C2(C#N)CC2)nc1-c1ccccc1. The van der Waals surface area contributed by atoms with Crippen LogP contribution in [0.25, 0.3) is 11.3 Å². The van der Waals surface area contributed by atoms with E-state index < -0.39 is 0 Å². The van der Waals surface area contributed by atoms with Crippen molar-refractivity contribution in [1.29, 1.82) is 5.26 Å². The first-order valence-corrected chi connectivity index (χ1v) is 5.79. The Hall–Kier alpha value is -2.08. The highest BCUT2D eigenvalue weighted by Crippen LogP contribution is 2.46. The monoisotopic (exact) mass is 223 g/mol. The molecule has 1 aliphatic rings. The topological polar surface area (TPSA) is 52.5 Å². The predicted octanol–water partition coefficient (Wildman–Crippen LogP) is 2.94. The van der Waals surface area contributed by atoms with Gasteiger partial charge < -0.3 is 4.98 Å². The lowest BCUT2D eigenvalue weighted by Gasteiger charge is -1.98. The summed E-state index contributed by atoms with van der Waals surface area (Å²) >= 11 is 0. The number of hydrogen-bond donors (Lipinski definition) is 1. The van der Waals surface area contributed by atoms with E-state index in [1.165, 1.54) is 0 Å². The minimum Gasteiger partial charge on any atom is -0.344 e. The fourth-order valence-corrected chi connectivity index (χ4v) is 2.09. The Morgan fingerprint density at radius 1 is 1.29 bits per heavy atom. The van der Waals surface area contributed by atoms with Crippen molar-refractivity contribution in [3.8, 4) is 17.3 Å². The molecule has 0 bridgehead atoms. The molecule has 0 unspecified atom stereocenters. The maximum atomic E-state index is 9.17. The van der Waals surface area contributed by atoms with E-state index >= 15 is 0 Å². The van der Waals surface area contributed by atoms with Gasteiger partial charge in [-0.2, -0.15) is 5.26 Å². The van der Waals surface area contributed by atoms with Gasteiger partial charge in [0.2, 0.25) is 0 Å². The normalized spacial score (nSPS) is 16.5. The van der Waals surface area contributed by atoms with Gasteiger partial charge >= 0.3 is 0 Å².